The molecule has 0 aromatic carbocycles. The van der Waals surface area contributed by atoms with Gasteiger partial charge in [0.15, 0.2) is 0 Å². The molecule has 138 valence electrons. The molecule has 1 fully saturated rings. The molecule has 0 saturated carbocycles. The Morgan fingerprint density at radius 2 is 1.67 bits per heavy atom. The number of hydrogen-bond acceptors (Lipinski definition) is 4. The van der Waals surface area contributed by atoms with Gasteiger partial charge in [-0.25, -0.2) is 0 Å². The van der Waals surface area contributed by atoms with E-state index in [1.165, 1.54) is 23.2 Å². The fourth-order valence-electron chi connectivity index (χ4n) is 3.91. The van der Waals surface area contributed by atoms with Crippen LogP contribution in [0.4, 0.5) is 0 Å². The highest BCUT2D eigenvalue weighted by atomic mass is 15.0. The maximum Gasteiger partial charge on any atom is 0.0602 e. The molecule has 1 N–H and O–H groups in total. The highest BCUT2D eigenvalue weighted by Crippen LogP contribution is 2.32. The molecule has 0 amide bonds. The molecule has 4 heterocycles. The van der Waals surface area contributed by atoms with Crippen LogP contribution in [0.5, 0.6) is 0 Å². The normalized spacial score (nSPS) is 19.8. The molecule has 1 saturated heterocycles. The maximum absolute atomic E-state index is 4.96. The molecule has 2 atom stereocenters. The summed E-state index contributed by atoms with van der Waals surface area (Å²) in [5.41, 5.74) is 6.93. The fourth-order valence-corrected chi connectivity index (χ4v) is 3.91. The minimum absolute atomic E-state index is 0.273. The predicted molar refractivity (Wildman–Crippen MR) is 107 cm³/mol. The first-order chi connectivity index (χ1) is 13.2. The second-order valence-electron chi connectivity index (χ2n) is 7.41. The number of nitrogens with zero attached hydrogens (tertiary/aromatic N) is 3. The van der Waals surface area contributed by atoms with E-state index in [9.17, 15) is 0 Å². The van der Waals surface area contributed by atoms with Crippen LogP contribution < -0.4 is 5.32 Å². The number of rotatable bonds is 4. The molecule has 0 unspecified atom stereocenters. The SMILES string of the molecule is Cc1cccnc1Cc1cccc([C@H]2CCC[C@@H](c3ncccc3C)N2)n1. The van der Waals surface area contributed by atoms with Crippen LogP contribution in [0.25, 0.3) is 0 Å². The standard InChI is InChI=1S/C23H26N4/c1-16-7-5-13-24-22(16)15-18-9-3-10-19(26-18)20-11-4-12-21(27-20)23-17(2)8-6-14-25-23/h3,5-10,13-14,20-21,27H,4,11-12,15H2,1-2H3/t20-,21+/m1/s1. The minimum Gasteiger partial charge on any atom is -0.300 e. The maximum atomic E-state index is 4.96. The van der Waals surface area contributed by atoms with Gasteiger partial charge in [0.05, 0.1) is 17.4 Å². The summed E-state index contributed by atoms with van der Waals surface area (Å²) < 4.78 is 0. The smallest absolute Gasteiger partial charge is 0.0602 e. The number of piperidine rings is 1. The van der Waals surface area contributed by atoms with Crippen molar-refractivity contribution < 1.29 is 0 Å². The van der Waals surface area contributed by atoms with Gasteiger partial charge in [0.25, 0.3) is 0 Å². The third kappa shape index (κ3) is 4.06. The van der Waals surface area contributed by atoms with Crippen LogP contribution in [-0.4, -0.2) is 15.0 Å². The molecule has 3 aromatic heterocycles. The summed E-state index contributed by atoms with van der Waals surface area (Å²) in [6.45, 7) is 4.25. The van der Waals surface area contributed by atoms with Gasteiger partial charge in [0.2, 0.25) is 0 Å². The van der Waals surface area contributed by atoms with E-state index in [0.29, 0.717) is 6.04 Å². The first-order valence-electron chi connectivity index (χ1n) is 9.74. The molecule has 0 radical (unpaired) electrons. The number of pyridine rings is 3. The third-order valence-electron chi connectivity index (χ3n) is 5.42. The number of aromatic nitrogens is 3. The molecule has 0 bridgehead atoms. The summed E-state index contributed by atoms with van der Waals surface area (Å²) in [4.78, 5) is 14.1. The van der Waals surface area contributed by atoms with Crippen LogP contribution >= 0.6 is 0 Å². The average Bonchev–Trinajstić information content (AvgIpc) is 2.70. The quantitative estimate of drug-likeness (QED) is 0.738. The van der Waals surface area contributed by atoms with Crippen molar-refractivity contribution in [2.24, 2.45) is 0 Å². The molecule has 4 rings (SSSR count). The van der Waals surface area contributed by atoms with Crippen molar-refractivity contribution in [3.05, 3.63) is 88.8 Å². The molecule has 1 aliphatic rings. The summed E-state index contributed by atoms with van der Waals surface area (Å²) in [5, 5.41) is 3.79. The zero-order valence-corrected chi connectivity index (χ0v) is 16.0. The Morgan fingerprint density at radius 1 is 0.889 bits per heavy atom. The van der Waals surface area contributed by atoms with Gasteiger partial charge in [-0.05, 0) is 68.5 Å². The van der Waals surface area contributed by atoms with Gasteiger partial charge in [-0.3, -0.25) is 15.0 Å². The molecule has 27 heavy (non-hydrogen) atoms. The lowest BCUT2D eigenvalue weighted by atomic mass is 9.92. The van der Waals surface area contributed by atoms with Crippen LogP contribution in [-0.2, 0) is 6.42 Å². The Hall–Kier alpha value is -2.59. The lowest BCUT2D eigenvalue weighted by Gasteiger charge is -2.31. The number of hydrogen-bond donors (Lipinski definition) is 1. The largest absolute Gasteiger partial charge is 0.300 e. The van der Waals surface area contributed by atoms with Crippen molar-refractivity contribution in [3.63, 3.8) is 0 Å². The molecular formula is C23H26N4. The van der Waals surface area contributed by atoms with Gasteiger partial charge in [-0.15, -0.1) is 0 Å². The average molecular weight is 358 g/mol. The Balaban J connectivity index is 1.53. The Labute approximate surface area is 161 Å². The van der Waals surface area contributed by atoms with E-state index in [-0.39, 0.29) is 6.04 Å². The summed E-state index contributed by atoms with van der Waals surface area (Å²) in [5.74, 6) is 0. The van der Waals surface area contributed by atoms with E-state index < -0.39 is 0 Å². The van der Waals surface area contributed by atoms with Gasteiger partial charge >= 0.3 is 0 Å². The highest BCUT2D eigenvalue weighted by Gasteiger charge is 2.26. The molecule has 3 aromatic rings. The third-order valence-corrected chi connectivity index (χ3v) is 5.42. The van der Waals surface area contributed by atoms with Crippen molar-refractivity contribution in [2.45, 2.75) is 51.6 Å². The molecule has 0 spiro atoms. The fraction of sp³-hybridized carbons (Fsp3) is 0.348. The van der Waals surface area contributed by atoms with E-state index in [1.54, 1.807) is 0 Å². The van der Waals surface area contributed by atoms with Crippen LogP contribution in [0.15, 0.2) is 54.9 Å². The molecule has 4 nitrogen and oxygen atoms in total. The summed E-state index contributed by atoms with van der Waals surface area (Å²) in [6, 6.07) is 15.2. The van der Waals surface area contributed by atoms with Crippen molar-refractivity contribution in [3.8, 4) is 0 Å². The van der Waals surface area contributed by atoms with Crippen LogP contribution in [0.1, 0.15) is 65.2 Å². The molecule has 4 heteroatoms. The predicted octanol–water partition coefficient (Wildman–Crippen LogP) is 4.64. The first kappa shape index (κ1) is 17.8. The van der Waals surface area contributed by atoms with Gasteiger partial charge in [0, 0.05) is 36.2 Å². The van der Waals surface area contributed by atoms with E-state index in [0.717, 1.165) is 36.3 Å². The van der Waals surface area contributed by atoms with Crippen molar-refractivity contribution in [2.75, 3.05) is 0 Å². The zero-order chi connectivity index (χ0) is 18.6. The molecule has 1 aliphatic heterocycles. The van der Waals surface area contributed by atoms with E-state index in [1.807, 2.05) is 24.5 Å². The Bertz CT molecular complexity index is 922. The van der Waals surface area contributed by atoms with E-state index >= 15 is 0 Å². The lowest BCUT2D eigenvalue weighted by Crippen LogP contribution is -2.32. The minimum atomic E-state index is 0.273. The van der Waals surface area contributed by atoms with Crippen molar-refractivity contribution in [1.82, 2.24) is 20.3 Å². The zero-order valence-electron chi connectivity index (χ0n) is 16.0. The summed E-state index contributed by atoms with van der Waals surface area (Å²) in [7, 11) is 0. The van der Waals surface area contributed by atoms with E-state index in [4.69, 9.17) is 4.98 Å². The lowest BCUT2D eigenvalue weighted by molar-refractivity contribution is 0.320. The Kier molecular flexibility index (Phi) is 5.26. The van der Waals surface area contributed by atoms with Crippen LogP contribution in [0.2, 0.25) is 0 Å². The van der Waals surface area contributed by atoms with Gasteiger partial charge in [-0.1, -0.05) is 18.2 Å². The van der Waals surface area contributed by atoms with Crippen molar-refractivity contribution in [1.29, 1.82) is 0 Å². The Morgan fingerprint density at radius 3 is 2.48 bits per heavy atom. The van der Waals surface area contributed by atoms with E-state index in [2.05, 4.69) is 59.5 Å². The van der Waals surface area contributed by atoms with Gasteiger partial charge in [0.1, 0.15) is 0 Å². The second-order valence-corrected chi connectivity index (χ2v) is 7.41. The molecular weight excluding hydrogens is 332 g/mol. The number of aryl methyl sites for hydroxylation is 2. The van der Waals surface area contributed by atoms with Crippen molar-refractivity contribution >= 4 is 0 Å². The van der Waals surface area contributed by atoms with Gasteiger partial charge < -0.3 is 5.32 Å². The molecule has 0 aliphatic carbocycles. The summed E-state index contributed by atoms with van der Waals surface area (Å²) in [6.07, 6.45) is 7.94. The first-order valence-corrected chi connectivity index (χ1v) is 9.74. The number of nitrogens with one attached hydrogen (secondary N) is 1. The highest BCUT2D eigenvalue weighted by molar-refractivity contribution is 5.26. The van der Waals surface area contributed by atoms with Crippen LogP contribution in [0.3, 0.4) is 0 Å². The van der Waals surface area contributed by atoms with Gasteiger partial charge in [-0.2, -0.15) is 0 Å². The monoisotopic (exact) mass is 358 g/mol. The second kappa shape index (κ2) is 7.97. The summed E-state index contributed by atoms with van der Waals surface area (Å²) >= 11 is 0. The topological polar surface area (TPSA) is 50.7 Å². The van der Waals surface area contributed by atoms with Crippen LogP contribution in [0, 0.1) is 13.8 Å².